The van der Waals surface area contributed by atoms with Crippen molar-refractivity contribution >= 4 is 18.3 Å². The van der Waals surface area contributed by atoms with Crippen molar-refractivity contribution in [3.8, 4) is 0 Å². The lowest BCUT2D eigenvalue weighted by Gasteiger charge is -2.21. The first-order chi connectivity index (χ1) is 7.83. The van der Waals surface area contributed by atoms with E-state index in [9.17, 15) is 18.0 Å². The van der Waals surface area contributed by atoms with Gasteiger partial charge in [0.2, 0.25) is 5.91 Å². The van der Waals surface area contributed by atoms with E-state index in [0.717, 1.165) is 6.42 Å². The van der Waals surface area contributed by atoms with E-state index in [0.29, 0.717) is 13.1 Å². The van der Waals surface area contributed by atoms with Crippen LogP contribution in [0.2, 0.25) is 0 Å². The summed E-state index contributed by atoms with van der Waals surface area (Å²) < 4.78 is 39.8. The lowest BCUT2D eigenvalue weighted by atomic mass is 10.1. The standard InChI is InChI=1S/C10H17F3N2O2.ClH/c1-7-2-8(3-14)4-15(7)9(16)5-17-6-10(11,12)13;/h7-8H,2-6,14H2,1H3;1H. The van der Waals surface area contributed by atoms with Crippen LogP contribution in [0.15, 0.2) is 0 Å². The predicted octanol–water partition coefficient (Wildman–Crippen LogP) is 1.18. The highest BCUT2D eigenvalue weighted by Gasteiger charge is 2.32. The second kappa shape index (κ2) is 7.16. The Morgan fingerprint density at radius 1 is 1.50 bits per heavy atom. The van der Waals surface area contributed by atoms with Gasteiger partial charge in [-0.1, -0.05) is 0 Å². The fraction of sp³-hybridized carbons (Fsp3) is 0.900. The van der Waals surface area contributed by atoms with Gasteiger partial charge in [0.25, 0.3) is 0 Å². The first-order valence-electron chi connectivity index (χ1n) is 5.47. The molecule has 1 aliphatic rings. The van der Waals surface area contributed by atoms with Crippen molar-refractivity contribution < 1.29 is 22.7 Å². The maximum atomic E-state index is 11.8. The number of likely N-dealkylation sites (tertiary alicyclic amines) is 1. The molecule has 1 amide bonds. The van der Waals surface area contributed by atoms with E-state index in [-0.39, 0.29) is 24.4 Å². The van der Waals surface area contributed by atoms with Crippen LogP contribution in [0.25, 0.3) is 0 Å². The summed E-state index contributed by atoms with van der Waals surface area (Å²) >= 11 is 0. The highest BCUT2D eigenvalue weighted by molar-refractivity contribution is 5.85. The van der Waals surface area contributed by atoms with E-state index < -0.39 is 25.3 Å². The number of amides is 1. The fourth-order valence-electron chi connectivity index (χ4n) is 2.00. The first kappa shape index (κ1) is 17.5. The van der Waals surface area contributed by atoms with Crippen molar-refractivity contribution in [2.75, 3.05) is 26.3 Å². The van der Waals surface area contributed by atoms with Gasteiger partial charge in [0.05, 0.1) is 0 Å². The second-order valence-electron chi connectivity index (χ2n) is 4.34. The number of nitrogens with zero attached hydrogens (tertiary/aromatic N) is 1. The molecular weight excluding hydrogens is 273 g/mol. The Balaban J connectivity index is 0.00000289. The highest BCUT2D eigenvalue weighted by atomic mass is 35.5. The first-order valence-corrected chi connectivity index (χ1v) is 5.47. The molecule has 1 fully saturated rings. The van der Waals surface area contributed by atoms with Gasteiger partial charge in [0, 0.05) is 12.6 Å². The molecule has 0 aromatic heterocycles. The van der Waals surface area contributed by atoms with Crippen molar-refractivity contribution in [3.05, 3.63) is 0 Å². The highest BCUT2D eigenvalue weighted by Crippen LogP contribution is 2.22. The Morgan fingerprint density at radius 3 is 2.56 bits per heavy atom. The number of nitrogens with two attached hydrogens (primary N) is 1. The monoisotopic (exact) mass is 290 g/mol. The lowest BCUT2D eigenvalue weighted by molar-refractivity contribution is -0.178. The van der Waals surface area contributed by atoms with Crippen LogP contribution >= 0.6 is 12.4 Å². The molecule has 2 N–H and O–H groups in total. The van der Waals surface area contributed by atoms with Crippen LogP contribution in [0, 0.1) is 5.92 Å². The van der Waals surface area contributed by atoms with Crippen molar-refractivity contribution in [2.45, 2.75) is 25.6 Å². The van der Waals surface area contributed by atoms with Crippen LogP contribution < -0.4 is 5.73 Å². The normalized spacial score (nSPS) is 23.9. The van der Waals surface area contributed by atoms with Crippen LogP contribution in [0.1, 0.15) is 13.3 Å². The van der Waals surface area contributed by atoms with E-state index in [4.69, 9.17) is 5.73 Å². The predicted molar refractivity (Wildman–Crippen MR) is 62.5 cm³/mol. The third-order valence-electron chi connectivity index (χ3n) is 2.81. The van der Waals surface area contributed by atoms with Gasteiger partial charge in [-0.15, -0.1) is 12.4 Å². The van der Waals surface area contributed by atoms with Crippen LogP contribution in [0.5, 0.6) is 0 Å². The molecule has 108 valence electrons. The van der Waals surface area contributed by atoms with Crippen LogP contribution in [0.4, 0.5) is 13.2 Å². The Bertz CT molecular complexity index is 276. The van der Waals surface area contributed by atoms with Gasteiger partial charge in [0.15, 0.2) is 0 Å². The largest absolute Gasteiger partial charge is 0.411 e. The third kappa shape index (κ3) is 5.41. The number of hydrogen-bond donors (Lipinski definition) is 1. The van der Waals surface area contributed by atoms with Gasteiger partial charge < -0.3 is 15.4 Å². The summed E-state index contributed by atoms with van der Waals surface area (Å²) in [6.45, 7) is 0.934. The van der Waals surface area contributed by atoms with Crippen LogP contribution in [-0.4, -0.2) is 49.3 Å². The zero-order valence-electron chi connectivity index (χ0n) is 10.1. The minimum atomic E-state index is -4.39. The number of carbonyl (C=O) groups is 1. The molecule has 2 atom stereocenters. The van der Waals surface area contributed by atoms with Gasteiger partial charge in [-0.25, -0.2) is 0 Å². The van der Waals surface area contributed by atoms with E-state index in [1.54, 1.807) is 0 Å². The Kier molecular flexibility index (Phi) is 6.94. The summed E-state index contributed by atoms with van der Waals surface area (Å²) in [5.41, 5.74) is 5.50. The average Bonchev–Trinajstić information content (AvgIpc) is 2.57. The van der Waals surface area contributed by atoms with Gasteiger partial charge in [-0.05, 0) is 25.8 Å². The quantitative estimate of drug-likeness (QED) is 0.846. The van der Waals surface area contributed by atoms with Crippen molar-refractivity contribution in [3.63, 3.8) is 0 Å². The van der Waals surface area contributed by atoms with E-state index in [1.807, 2.05) is 6.92 Å². The third-order valence-corrected chi connectivity index (χ3v) is 2.81. The molecule has 1 saturated heterocycles. The van der Waals surface area contributed by atoms with Gasteiger partial charge >= 0.3 is 6.18 Å². The molecular formula is C10H18ClF3N2O2. The Morgan fingerprint density at radius 2 is 2.11 bits per heavy atom. The van der Waals surface area contributed by atoms with E-state index >= 15 is 0 Å². The fourth-order valence-corrected chi connectivity index (χ4v) is 2.00. The molecule has 0 aliphatic carbocycles. The molecule has 2 unspecified atom stereocenters. The minimum absolute atomic E-state index is 0. The number of ether oxygens (including phenoxy) is 1. The topological polar surface area (TPSA) is 55.6 Å². The van der Waals surface area contributed by atoms with Crippen molar-refractivity contribution in [1.29, 1.82) is 0 Å². The molecule has 0 bridgehead atoms. The molecule has 1 heterocycles. The zero-order chi connectivity index (χ0) is 13.1. The van der Waals surface area contributed by atoms with E-state index in [2.05, 4.69) is 4.74 Å². The summed E-state index contributed by atoms with van der Waals surface area (Å²) in [6, 6.07) is 0.0190. The molecule has 0 aromatic carbocycles. The SMILES string of the molecule is CC1CC(CN)CN1C(=O)COCC(F)(F)F.Cl. The van der Waals surface area contributed by atoms with Crippen molar-refractivity contribution in [2.24, 2.45) is 11.7 Å². The summed E-state index contributed by atoms with van der Waals surface area (Å²) in [5, 5.41) is 0. The Hall–Kier alpha value is -0.530. The number of halogens is 4. The summed E-state index contributed by atoms with van der Waals surface area (Å²) in [7, 11) is 0. The number of carbonyl (C=O) groups excluding carboxylic acids is 1. The smallest absolute Gasteiger partial charge is 0.362 e. The van der Waals surface area contributed by atoms with Gasteiger partial charge in [-0.3, -0.25) is 4.79 Å². The maximum Gasteiger partial charge on any atom is 0.411 e. The number of rotatable bonds is 4. The summed E-state index contributed by atoms with van der Waals surface area (Å²) in [5.74, 6) is -0.172. The molecule has 1 rings (SSSR count). The molecule has 18 heavy (non-hydrogen) atoms. The Labute approximate surface area is 110 Å². The molecule has 1 aliphatic heterocycles. The van der Waals surface area contributed by atoms with E-state index in [1.165, 1.54) is 4.90 Å². The molecule has 0 saturated carbocycles. The van der Waals surface area contributed by atoms with Crippen LogP contribution in [-0.2, 0) is 9.53 Å². The molecule has 8 heteroatoms. The van der Waals surface area contributed by atoms with Gasteiger partial charge in [-0.2, -0.15) is 13.2 Å². The summed E-state index contributed by atoms with van der Waals surface area (Å²) in [6.07, 6.45) is -3.60. The van der Waals surface area contributed by atoms with Crippen LogP contribution in [0.3, 0.4) is 0 Å². The molecule has 4 nitrogen and oxygen atoms in total. The van der Waals surface area contributed by atoms with Gasteiger partial charge in [0.1, 0.15) is 13.2 Å². The minimum Gasteiger partial charge on any atom is -0.362 e. The number of alkyl halides is 3. The van der Waals surface area contributed by atoms with Crippen molar-refractivity contribution in [1.82, 2.24) is 4.90 Å². The molecule has 0 radical (unpaired) electrons. The maximum absolute atomic E-state index is 11.8. The second-order valence-corrected chi connectivity index (χ2v) is 4.34. The zero-order valence-corrected chi connectivity index (χ0v) is 10.9. The summed E-state index contributed by atoms with van der Waals surface area (Å²) in [4.78, 5) is 13.1. The molecule has 0 aromatic rings. The molecule has 0 spiro atoms. The number of hydrogen-bond acceptors (Lipinski definition) is 3. The lowest BCUT2D eigenvalue weighted by Crippen LogP contribution is -2.37. The average molecular weight is 291 g/mol.